The van der Waals surface area contributed by atoms with Crippen molar-refractivity contribution < 1.29 is 0 Å². The fourth-order valence-corrected chi connectivity index (χ4v) is 3.97. The molecule has 3 N–H and O–H groups in total. The highest BCUT2D eigenvalue weighted by atomic mass is 35.5. The van der Waals surface area contributed by atoms with Gasteiger partial charge in [0.2, 0.25) is 11.9 Å². The summed E-state index contributed by atoms with van der Waals surface area (Å²) in [5.41, 5.74) is 7.06. The lowest BCUT2D eigenvalue weighted by atomic mass is 9.95. The van der Waals surface area contributed by atoms with Crippen molar-refractivity contribution in [1.82, 2.24) is 10.4 Å². The first-order valence-electron chi connectivity index (χ1n) is 8.98. The van der Waals surface area contributed by atoms with Gasteiger partial charge in [0, 0.05) is 15.6 Å². The summed E-state index contributed by atoms with van der Waals surface area (Å²) >= 11 is 12.4. The quantitative estimate of drug-likeness (QED) is 0.466. The zero-order chi connectivity index (χ0) is 20.0. The maximum Gasteiger partial charge on any atom is 0.246 e. The van der Waals surface area contributed by atoms with Crippen molar-refractivity contribution in [3.8, 4) is 0 Å². The molecule has 5 rings (SSSR count). The van der Waals surface area contributed by atoms with Gasteiger partial charge in [-0.1, -0.05) is 53.5 Å². The summed E-state index contributed by atoms with van der Waals surface area (Å²) in [5, 5.41) is 7.21. The SMILES string of the molecule is N/N=C1/NN2C(=Nc3ccc(Cl)cc3C2c2ccccc2)N1c1ccc(Cl)cc1. The molecule has 1 saturated heterocycles. The van der Waals surface area contributed by atoms with Gasteiger partial charge in [0.25, 0.3) is 0 Å². The molecule has 6 nitrogen and oxygen atoms in total. The number of nitrogens with two attached hydrogens (primary N) is 1. The third-order valence-electron chi connectivity index (χ3n) is 4.93. The molecular formula is C21H16Cl2N6. The van der Waals surface area contributed by atoms with Crippen LogP contribution in [0, 0.1) is 0 Å². The number of nitrogens with one attached hydrogen (secondary N) is 1. The first kappa shape index (κ1) is 17.8. The van der Waals surface area contributed by atoms with E-state index in [9.17, 15) is 0 Å². The highest BCUT2D eigenvalue weighted by molar-refractivity contribution is 6.31. The van der Waals surface area contributed by atoms with Crippen LogP contribution in [-0.2, 0) is 0 Å². The Morgan fingerprint density at radius 3 is 2.38 bits per heavy atom. The number of aliphatic imine (C=N–C) groups is 1. The van der Waals surface area contributed by atoms with Crippen molar-refractivity contribution in [3.05, 3.63) is 94.0 Å². The van der Waals surface area contributed by atoms with Crippen molar-refractivity contribution in [2.45, 2.75) is 6.04 Å². The van der Waals surface area contributed by atoms with Gasteiger partial charge < -0.3 is 5.84 Å². The molecule has 2 aliphatic heterocycles. The van der Waals surface area contributed by atoms with E-state index in [2.05, 4.69) is 22.7 Å². The molecule has 0 saturated carbocycles. The predicted molar refractivity (Wildman–Crippen MR) is 117 cm³/mol. The molecule has 8 heteroatoms. The summed E-state index contributed by atoms with van der Waals surface area (Å²) < 4.78 is 0. The minimum Gasteiger partial charge on any atom is -0.320 e. The van der Waals surface area contributed by atoms with Crippen molar-refractivity contribution in [3.63, 3.8) is 0 Å². The first-order chi connectivity index (χ1) is 14.2. The molecular weight excluding hydrogens is 407 g/mol. The van der Waals surface area contributed by atoms with Gasteiger partial charge in [-0.05, 0) is 48.0 Å². The van der Waals surface area contributed by atoms with Gasteiger partial charge >= 0.3 is 0 Å². The zero-order valence-corrected chi connectivity index (χ0v) is 16.6. The summed E-state index contributed by atoms with van der Waals surface area (Å²) in [5.74, 6) is 6.84. The van der Waals surface area contributed by atoms with Gasteiger partial charge in [-0.2, -0.15) is 0 Å². The molecule has 0 spiro atoms. The molecule has 1 atom stereocenters. The highest BCUT2D eigenvalue weighted by Crippen LogP contribution is 2.42. The lowest BCUT2D eigenvalue weighted by Gasteiger charge is -2.34. The number of benzene rings is 3. The summed E-state index contributed by atoms with van der Waals surface area (Å²) in [6.07, 6.45) is 0. The number of nitrogens with zero attached hydrogens (tertiary/aromatic N) is 4. The van der Waals surface area contributed by atoms with Crippen LogP contribution < -0.4 is 16.2 Å². The Labute approximate surface area is 177 Å². The molecule has 144 valence electrons. The minimum absolute atomic E-state index is 0.161. The summed E-state index contributed by atoms with van der Waals surface area (Å²) in [6, 6.07) is 23.1. The van der Waals surface area contributed by atoms with Gasteiger partial charge in [0.05, 0.1) is 11.4 Å². The molecule has 0 aliphatic carbocycles. The fraction of sp³-hybridized carbons (Fsp3) is 0.0476. The number of hydrazine groups is 1. The Hall–Kier alpha value is -3.22. The largest absolute Gasteiger partial charge is 0.320 e. The number of rotatable bonds is 2. The minimum atomic E-state index is -0.161. The Balaban J connectivity index is 1.71. The molecule has 2 aliphatic rings. The summed E-state index contributed by atoms with van der Waals surface area (Å²) in [6.45, 7) is 0. The molecule has 3 aromatic rings. The first-order valence-corrected chi connectivity index (χ1v) is 9.74. The molecule has 29 heavy (non-hydrogen) atoms. The van der Waals surface area contributed by atoms with Gasteiger partial charge in [-0.3, -0.25) is 5.43 Å². The van der Waals surface area contributed by atoms with E-state index in [-0.39, 0.29) is 6.04 Å². The number of hydrazone groups is 1. The van der Waals surface area contributed by atoms with Gasteiger partial charge in [-0.15, -0.1) is 5.10 Å². The van der Waals surface area contributed by atoms with E-state index in [1.807, 2.05) is 70.6 Å². The number of anilines is 1. The topological polar surface area (TPSA) is 69.2 Å². The molecule has 3 aromatic carbocycles. The van der Waals surface area contributed by atoms with E-state index >= 15 is 0 Å². The standard InChI is InChI=1S/C21H16Cl2N6/c22-14-6-9-16(10-7-14)28-20(26-24)27-29-19(13-4-2-1-3-5-13)17-12-15(23)8-11-18(17)25-21(28)29/h1-12,19H,24H2,(H,26,27). The van der Waals surface area contributed by atoms with Crippen molar-refractivity contribution in [2.75, 3.05) is 4.90 Å². The van der Waals surface area contributed by atoms with E-state index in [1.165, 1.54) is 0 Å². The summed E-state index contributed by atoms with van der Waals surface area (Å²) in [7, 11) is 0. The number of fused-ring (bicyclic) bond motifs is 2. The second-order valence-corrected chi connectivity index (χ2v) is 7.55. The van der Waals surface area contributed by atoms with Crippen LogP contribution in [0.4, 0.5) is 11.4 Å². The fourth-order valence-electron chi connectivity index (χ4n) is 3.67. The molecule has 0 bridgehead atoms. The van der Waals surface area contributed by atoms with Gasteiger partial charge in [0.1, 0.15) is 6.04 Å². The Kier molecular flexibility index (Phi) is 4.30. The van der Waals surface area contributed by atoms with E-state index in [0.717, 1.165) is 22.5 Å². The molecule has 0 aromatic heterocycles. The van der Waals surface area contributed by atoms with Gasteiger partial charge in [-0.25, -0.2) is 14.9 Å². The van der Waals surface area contributed by atoms with Crippen molar-refractivity contribution in [2.24, 2.45) is 15.9 Å². The van der Waals surface area contributed by atoms with Crippen LogP contribution in [0.25, 0.3) is 0 Å². The average Bonchev–Trinajstić information content (AvgIpc) is 3.11. The second-order valence-electron chi connectivity index (χ2n) is 6.67. The van der Waals surface area contributed by atoms with Crippen molar-refractivity contribution in [1.29, 1.82) is 0 Å². The third-order valence-corrected chi connectivity index (χ3v) is 5.42. The van der Waals surface area contributed by atoms with E-state index in [1.54, 1.807) is 0 Å². The van der Waals surface area contributed by atoms with Crippen LogP contribution >= 0.6 is 23.2 Å². The number of hydrogen-bond donors (Lipinski definition) is 2. The number of guanidine groups is 2. The van der Waals surface area contributed by atoms with Crippen molar-refractivity contribution >= 4 is 46.5 Å². The maximum atomic E-state index is 6.31. The molecule has 1 unspecified atom stereocenters. The molecule has 0 radical (unpaired) electrons. The maximum absolute atomic E-state index is 6.31. The van der Waals surface area contributed by atoms with E-state index in [0.29, 0.717) is 22.0 Å². The third kappa shape index (κ3) is 2.97. The Morgan fingerprint density at radius 2 is 1.66 bits per heavy atom. The van der Waals surface area contributed by atoms with Crippen LogP contribution in [0.3, 0.4) is 0 Å². The van der Waals surface area contributed by atoms with Crippen LogP contribution in [-0.4, -0.2) is 16.9 Å². The van der Waals surface area contributed by atoms with E-state index in [4.69, 9.17) is 34.0 Å². The average molecular weight is 423 g/mol. The molecule has 0 amide bonds. The van der Waals surface area contributed by atoms with Gasteiger partial charge in [0.15, 0.2) is 0 Å². The van der Waals surface area contributed by atoms with Crippen LogP contribution in [0.15, 0.2) is 82.9 Å². The predicted octanol–water partition coefficient (Wildman–Crippen LogP) is 4.64. The normalized spacial score (nSPS) is 18.9. The Bertz CT molecular complexity index is 1130. The van der Waals surface area contributed by atoms with Crippen LogP contribution in [0.2, 0.25) is 10.0 Å². The molecule has 2 heterocycles. The lowest BCUT2D eigenvalue weighted by molar-refractivity contribution is 0.324. The Morgan fingerprint density at radius 1 is 0.931 bits per heavy atom. The number of halogens is 2. The second kappa shape index (κ2) is 6.99. The zero-order valence-electron chi connectivity index (χ0n) is 15.1. The highest BCUT2D eigenvalue weighted by Gasteiger charge is 2.42. The van der Waals surface area contributed by atoms with Crippen LogP contribution in [0.5, 0.6) is 0 Å². The molecule has 1 fully saturated rings. The smallest absolute Gasteiger partial charge is 0.246 e. The lowest BCUT2D eigenvalue weighted by Crippen LogP contribution is -2.42. The van der Waals surface area contributed by atoms with E-state index < -0.39 is 0 Å². The summed E-state index contributed by atoms with van der Waals surface area (Å²) in [4.78, 5) is 6.75. The monoisotopic (exact) mass is 422 g/mol. The van der Waals surface area contributed by atoms with Crippen LogP contribution in [0.1, 0.15) is 17.2 Å². The number of hydrogen-bond acceptors (Lipinski definition) is 4.